The van der Waals surface area contributed by atoms with Crippen LogP contribution in [-0.4, -0.2) is 113 Å². The van der Waals surface area contributed by atoms with Crippen LogP contribution in [0.25, 0.3) is 55.4 Å². The maximum absolute atomic E-state index is 15.1. The van der Waals surface area contributed by atoms with Gasteiger partial charge in [-0.3, -0.25) is 9.59 Å². The minimum atomic E-state index is -0.615. The van der Waals surface area contributed by atoms with Gasteiger partial charge < -0.3 is 54.8 Å². The van der Waals surface area contributed by atoms with Crippen molar-refractivity contribution in [3.8, 4) is 33.6 Å². The first-order chi connectivity index (χ1) is 46.4. The van der Waals surface area contributed by atoms with Crippen molar-refractivity contribution in [2.24, 2.45) is 0 Å². The molecule has 0 atom stereocenters. The lowest BCUT2D eigenvalue weighted by molar-refractivity contribution is 0.0948. The Balaban J connectivity index is 0.000000194. The largest absolute Gasteiger partial charge is 0.449 e. The molecular weight excluding hydrogens is 1290 g/mol. The third-order valence-corrected chi connectivity index (χ3v) is 20.8. The Bertz CT molecular complexity index is 4400. The number of pyridine rings is 2. The molecule has 95 heavy (non-hydrogen) atoms. The molecule has 4 aromatic heterocycles. The SMILES string of the molecule is CN(Cc1ccc(-c2c3c4c(cc(F)cc4n2CNC(=O)OCCSSc2ccccn2)C(=O)NCC3)cc1)C(=O)OCC1c2ccccc2-c2ccccc21.CNCc1ccc(-c2c3c4c(cc(F)cc4n2CNC(=O)OCCSSc2ccccn2)C(=O)NCC3)cc1. The lowest BCUT2D eigenvalue weighted by atomic mass is 9.98. The van der Waals surface area contributed by atoms with E-state index >= 15 is 4.39 Å². The average Bonchev–Trinajstić information content (AvgIpc) is 1.60. The van der Waals surface area contributed by atoms with Crippen LogP contribution in [0.5, 0.6) is 0 Å². The predicted octanol–water partition coefficient (Wildman–Crippen LogP) is 13.6. The molecule has 24 heteroatoms. The Labute approximate surface area is 562 Å². The van der Waals surface area contributed by atoms with Crippen molar-refractivity contribution in [2.45, 2.75) is 55.2 Å². The fraction of sp³-hybridized carbons (Fsp3) is 0.225. The van der Waals surface area contributed by atoms with Crippen LogP contribution in [0.3, 0.4) is 0 Å². The summed E-state index contributed by atoms with van der Waals surface area (Å²) in [6.07, 6.45) is 2.94. The zero-order valence-corrected chi connectivity index (χ0v) is 55.1. The number of ether oxygens (including phenoxy) is 3. The number of benzene rings is 6. The van der Waals surface area contributed by atoms with Gasteiger partial charge in [-0.25, -0.2) is 33.1 Å². The van der Waals surface area contributed by atoms with Crippen molar-refractivity contribution in [1.29, 1.82) is 0 Å². The molecule has 0 unspecified atom stereocenters. The van der Waals surface area contributed by atoms with Gasteiger partial charge >= 0.3 is 18.3 Å². The average molecular weight is 1350 g/mol. The molecule has 0 spiro atoms. The number of nitrogens with zero attached hydrogens (tertiary/aromatic N) is 5. The van der Waals surface area contributed by atoms with Gasteiger partial charge in [0.2, 0.25) is 0 Å². The quantitative estimate of drug-likeness (QED) is 0.0243. The molecule has 13 rings (SSSR count). The summed E-state index contributed by atoms with van der Waals surface area (Å²) in [6.45, 7) is 2.53. The molecule has 5 N–H and O–H groups in total. The van der Waals surface area contributed by atoms with Crippen molar-refractivity contribution in [2.75, 3.05) is 58.5 Å². The highest BCUT2D eigenvalue weighted by molar-refractivity contribution is 8.77. The lowest BCUT2D eigenvalue weighted by Gasteiger charge is -2.20. The molecule has 6 aromatic carbocycles. The number of halogens is 2. The van der Waals surface area contributed by atoms with Gasteiger partial charge in [-0.05, 0) is 146 Å². The van der Waals surface area contributed by atoms with Gasteiger partial charge in [0, 0.05) is 73.8 Å². The van der Waals surface area contributed by atoms with E-state index in [0.29, 0.717) is 71.4 Å². The van der Waals surface area contributed by atoms with Crippen molar-refractivity contribution in [3.05, 3.63) is 226 Å². The minimum Gasteiger partial charge on any atom is -0.449 e. The molecule has 486 valence electrons. The summed E-state index contributed by atoms with van der Waals surface area (Å²) < 4.78 is 50.1. The molecule has 18 nitrogen and oxygen atoms in total. The highest BCUT2D eigenvalue weighted by atomic mass is 33.1. The van der Waals surface area contributed by atoms with Crippen LogP contribution in [0.1, 0.15) is 60.0 Å². The highest BCUT2D eigenvalue weighted by Gasteiger charge is 2.32. The zero-order valence-electron chi connectivity index (χ0n) is 51.8. The molecule has 5 amide bonds. The van der Waals surface area contributed by atoms with Gasteiger partial charge in [0.25, 0.3) is 11.8 Å². The van der Waals surface area contributed by atoms with Crippen molar-refractivity contribution < 1.29 is 47.0 Å². The van der Waals surface area contributed by atoms with E-state index in [9.17, 15) is 28.4 Å². The molecule has 0 saturated heterocycles. The highest BCUT2D eigenvalue weighted by Crippen LogP contribution is 2.45. The van der Waals surface area contributed by atoms with Gasteiger partial charge in [-0.1, -0.05) is 131 Å². The van der Waals surface area contributed by atoms with E-state index in [1.54, 1.807) is 35.1 Å². The number of hydrogen-bond acceptors (Lipinski definition) is 15. The second kappa shape index (κ2) is 30.8. The van der Waals surface area contributed by atoms with Crippen LogP contribution < -0.4 is 26.6 Å². The number of carbonyl (C=O) groups is 5. The summed E-state index contributed by atoms with van der Waals surface area (Å²) in [5.74, 6) is -0.606. The third-order valence-electron chi connectivity index (χ3n) is 16.3. The van der Waals surface area contributed by atoms with E-state index in [1.807, 2.05) is 125 Å². The maximum Gasteiger partial charge on any atom is 0.409 e. The number of aromatic nitrogens is 4. The zero-order chi connectivity index (χ0) is 65.8. The Hall–Kier alpha value is -9.33. The Morgan fingerprint density at radius 2 is 1.05 bits per heavy atom. The van der Waals surface area contributed by atoms with Gasteiger partial charge in [-0.2, -0.15) is 0 Å². The second-order valence-electron chi connectivity index (χ2n) is 22.4. The van der Waals surface area contributed by atoms with Crippen molar-refractivity contribution >= 4 is 95.1 Å². The van der Waals surface area contributed by atoms with Crippen LogP contribution in [0.4, 0.5) is 23.2 Å². The van der Waals surface area contributed by atoms with Crippen LogP contribution in [0.15, 0.2) is 180 Å². The summed E-state index contributed by atoms with van der Waals surface area (Å²) >= 11 is 0. The number of rotatable bonds is 22. The molecule has 3 aliphatic rings. The van der Waals surface area contributed by atoms with Gasteiger partial charge in [0.1, 0.15) is 41.5 Å². The lowest BCUT2D eigenvalue weighted by Crippen LogP contribution is -2.28. The maximum atomic E-state index is 15.1. The normalized spacial score (nSPS) is 12.9. The fourth-order valence-corrected chi connectivity index (χ4v) is 15.6. The standard InChI is InChI=1S/C43H38FN5O5S2.C28H28FN5O3S2/c1-48(43(52)54-25-36-32-10-4-2-8-30(32)31-9-3-5-11-33(31)36)24-27-13-15-28(16-14-27)40-34-17-19-46-41(50)35-22-29(44)23-37(39(34)35)49(40)26-47-42(51)53-20-21-55-56-38-12-6-7-18-45-38;1-30-16-18-5-7-19(8-6-18)26-21-9-11-32-27(35)22-14-20(29)15-23(25(21)22)34(26)17-33-28(36)37-12-13-38-39-24-4-2-3-10-31-24/h2-16,18,22-23,36H,17,19-21,24-26H2,1H3,(H,46,50)(H,47,51);2-8,10,14-15,30H,9,11-13,16-17H2,1H3,(H,32,35)(H,33,36). The molecule has 10 aromatic rings. The molecule has 2 aliphatic heterocycles. The van der Waals surface area contributed by atoms with E-state index in [-0.39, 0.29) is 56.5 Å². The van der Waals surface area contributed by atoms with E-state index in [0.717, 1.165) is 72.5 Å². The molecular formula is C71H66F2N10O8S4. The molecule has 6 heterocycles. The van der Waals surface area contributed by atoms with Crippen molar-refractivity contribution in [3.63, 3.8) is 0 Å². The summed E-state index contributed by atoms with van der Waals surface area (Å²) in [5, 5.41) is 17.6. The molecule has 0 fully saturated rings. The smallest absolute Gasteiger partial charge is 0.409 e. The number of alkyl carbamates (subject to hydrolysis) is 2. The van der Waals surface area contributed by atoms with Gasteiger partial charge in [-0.15, -0.1) is 0 Å². The summed E-state index contributed by atoms with van der Waals surface area (Å²) in [4.78, 5) is 74.5. The number of carbonyl (C=O) groups excluding carboxylic acids is 5. The van der Waals surface area contributed by atoms with Gasteiger partial charge in [0.15, 0.2) is 0 Å². The molecule has 1 aliphatic carbocycles. The third kappa shape index (κ3) is 15.3. The first kappa shape index (κ1) is 65.7. The van der Waals surface area contributed by atoms with E-state index in [1.165, 1.54) is 67.8 Å². The van der Waals surface area contributed by atoms with Gasteiger partial charge in [0.05, 0.1) is 46.9 Å². The van der Waals surface area contributed by atoms with Crippen LogP contribution in [0, 0.1) is 11.6 Å². The summed E-state index contributed by atoms with van der Waals surface area (Å²) in [5.41, 5.74) is 13.4. The number of fused-ring (bicyclic) bond motifs is 3. The van der Waals surface area contributed by atoms with E-state index in [4.69, 9.17) is 14.2 Å². The van der Waals surface area contributed by atoms with E-state index < -0.39 is 29.9 Å². The Morgan fingerprint density at radius 3 is 1.52 bits per heavy atom. The first-order valence-corrected chi connectivity index (χ1v) is 35.4. The summed E-state index contributed by atoms with van der Waals surface area (Å²) in [7, 11) is 9.70. The monoisotopic (exact) mass is 1350 g/mol. The van der Waals surface area contributed by atoms with E-state index in [2.05, 4.69) is 60.8 Å². The van der Waals surface area contributed by atoms with Crippen LogP contribution in [0.2, 0.25) is 0 Å². The number of nitrogens with one attached hydrogen (secondary N) is 5. The topological polar surface area (TPSA) is 212 Å². The molecule has 0 bridgehead atoms. The van der Waals surface area contributed by atoms with Crippen LogP contribution >= 0.6 is 43.2 Å². The minimum absolute atomic E-state index is 0.0166. The Morgan fingerprint density at radius 1 is 0.589 bits per heavy atom. The first-order valence-electron chi connectivity index (χ1n) is 30.8. The number of amides is 5. The predicted molar refractivity (Wildman–Crippen MR) is 370 cm³/mol. The fourth-order valence-electron chi connectivity index (χ4n) is 12.2. The Kier molecular flexibility index (Phi) is 21.3. The summed E-state index contributed by atoms with van der Waals surface area (Å²) in [6, 6.07) is 49.0. The second-order valence-corrected chi connectivity index (χ2v) is 27.3. The van der Waals surface area contributed by atoms with Crippen LogP contribution in [-0.2, 0) is 53.5 Å². The van der Waals surface area contributed by atoms with Crippen molar-refractivity contribution in [1.82, 2.24) is 50.6 Å². The number of hydrogen-bond donors (Lipinski definition) is 5. The molecule has 0 radical (unpaired) electrons. The molecule has 0 saturated carbocycles.